The molecule has 0 unspecified atom stereocenters. The van der Waals surface area contributed by atoms with E-state index >= 15 is 0 Å². The van der Waals surface area contributed by atoms with E-state index in [2.05, 4.69) is 51.3 Å². The van der Waals surface area contributed by atoms with E-state index in [0.29, 0.717) is 101 Å². The summed E-state index contributed by atoms with van der Waals surface area (Å²) in [5, 5.41) is 43.4. The normalized spacial score (nSPS) is 16.3. The van der Waals surface area contributed by atoms with E-state index in [4.69, 9.17) is 61.1 Å². The molecule has 30 heteroatoms. The Hall–Kier alpha value is -7.50. The number of benzene rings is 4. The molecule has 86 heavy (non-hydrogen) atoms. The molecule has 0 radical (unpaired) electrons. The first-order valence-electron chi connectivity index (χ1n) is 27.0. The van der Waals surface area contributed by atoms with E-state index in [9.17, 15) is 18.4 Å². The second kappa shape index (κ2) is 27.5. The molecule has 10 rings (SSSR count). The van der Waals surface area contributed by atoms with Crippen LogP contribution in [0.3, 0.4) is 0 Å². The smallest absolute Gasteiger partial charge is 0.322 e. The first kappa shape index (κ1) is 63.0. The Morgan fingerprint density at radius 3 is 1.56 bits per heavy atom. The number of hydrogen-bond acceptors (Lipinski definition) is 22. The lowest BCUT2D eigenvalue weighted by molar-refractivity contribution is -0.145. The van der Waals surface area contributed by atoms with Crippen LogP contribution in [0.4, 0.5) is 8.78 Å². The molecule has 6 heterocycles. The van der Waals surface area contributed by atoms with Gasteiger partial charge in [-0.25, -0.2) is 13.5 Å². The van der Waals surface area contributed by atoms with E-state index < -0.39 is 47.3 Å². The van der Waals surface area contributed by atoms with Crippen molar-refractivity contribution in [3.63, 3.8) is 0 Å². The van der Waals surface area contributed by atoms with Gasteiger partial charge in [0.15, 0.2) is 46.3 Å². The number of aryl methyl sites for hydroxylation is 2. The Labute approximate surface area is 511 Å². The number of tetrazole rings is 2. The summed E-state index contributed by atoms with van der Waals surface area (Å²) in [4.78, 5) is 26.2. The van der Waals surface area contributed by atoms with E-state index in [0.717, 1.165) is 11.8 Å². The average molecular weight is 1260 g/mol. The van der Waals surface area contributed by atoms with Gasteiger partial charge in [-0.3, -0.25) is 18.7 Å². The third-order valence-electron chi connectivity index (χ3n) is 13.7. The Bertz CT molecular complexity index is 3700. The summed E-state index contributed by atoms with van der Waals surface area (Å²) in [6.07, 6.45) is -2.12. The zero-order valence-electron chi connectivity index (χ0n) is 48.6. The van der Waals surface area contributed by atoms with Gasteiger partial charge in [0, 0.05) is 51.7 Å². The highest BCUT2D eigenvalue weighted by atomic mass is 35.5. The first-order valence-corrected chi connectivity index (χ1v) is 29.4. The fourth-order valence-electron chi connectivity index (χ4n) is 9.76. The van der Waals surface area contributed by atoms with Crippen molar-refractivity contribution in [1.29, 1.82) is 0 Å². The summed E-state index contributed by atoms with van der Waals surface area (Å²) in [6.45, 7) is 9.90. The monoisotopic (exact) mass is 1260 g/mol. The fourth-order valence-corrected chi connectivity index (χ4v) is 11.8. The zero-order chi connectivity index (χ0) is 61.5. The number of esters is 2. The molecule has 2 aliphatic heterocycles. The highest BCUT2D eigenvalue weighted by Gasteiger charge is 2.39. The van der Waals surface area contributed by atoms with Crippen molar-refractivity contribution in [2.75, 3.05) is 41.7 Å². The van der Waals surface area contributed by atoms with E-state index in [-0.39, 0.29) is 49.9 Å². The molecule has 2 aliphatic rings. The molecule has 0 bridgehead atoms. The number of hydrogen-bond donors (Lipinski definition) is 0. The third-order valence-corrected chi connectivity index (χ3v) is 16.4. The molecule has 0 spiro atoms. The molecule has 4 atom stereocenters. The number of ether oxygens (including phenoxy) is 8. The Kier molecular flexibility index (Phi) is 20.1. The van der Waals surface area contributed by atoms with Gasteiger partial charge in [0.25, 0.3) is 0 Å². The molecule has 4 aromatic heterocycles. The number of thioether (sulfide) groups is 2. The number of fused-ring (bicyclic) bond motifs is 6. The number of carbonyl (C=O) groups excluding carboxylic acids is 2. The van der Waals surface area contributed by atoms with Crippen molar-refractivity contribution >= 4 is 58.7 Å². The molecule has 8 aromatic rings. The van der Waals surface area contributed by atoms with E-state index in [1.807, 2.05) is 24.3 Å². The molecule has 0 fully saturated rings. The highest BCUT2D eigenvalue weighted by Crippen LogP contribution is 2.49. The van der Waals surface area contributed by atoms with Gasteiger partial charge in [0.2, 0.25) is 10.3 Å². The number of nitrogens with zero attached hydrogens (tertiary/aromatic N) is 14. The van der Waals surface area contributed by atoms with E-state index in [1.165, 1.54) is 16.6 Å². The third kappa shape index (κ3) is 13.2. The second-order valence-electron chi connectivity index (χ2n) is 20.1. The van der Waals surface area contributed by atoms with Crippen LogP contribution in [-0.2, 0) is 55.0 Å². The van der Waals surface area contributed by atoms with Gasteiger partial charge in [-0.05, 0) is 106 Å². The lowest BCUT2D eigenvalue weighted by atomic mass is 9.98. The molecule has 0 aliphatic carbocycles. The van der Waals surface area contributed by atoms with E-state index in [1.54, 1.807) is 132 Å². The molecular formula is C56H62Cl2F2N14O10S2. The molecule has 4 aromatic carbocycles. The van der Waals surface area contributed by atoms with Crippen LogP contribution in [0.2, 0.25) is 10.0 Å². The zero-order valence-corrected chi connectivity index (χ0v) is 51.7. The van der Waals surface area contributed by atoms with Gasteiger partial charge in [0.05, 0.1) is 59.6 Å². The number of methoxy groups -OCH3 is 4. The number of alkyl halides is 2. The number of para-hydroxylation sites is 2. The quantitative estimate of drug-likeness (QED) is 0.0451. The van der Waals surface area contributed by atoms with Crippen LogP contribution in [0, 0.1) is 0 Å². The second-order valence-corrected chi connectivity index (χ2v) is 24.1. The minimum atomic E-state index is -0.924. The summed E-state index contributed by atoms with van der Waals surface area (Å²) in [7, 11) is 6.23. The minimum Gasteiger partial charge on any atom is -0.493 e. The molecule has 0 amide bonds. The molecule has 24 nitrogen and oxygen atoms in total. The maximum absolute atomic E-state index is 14.3. The van der Waals surface area contributed by atoms with Gasteiger partial charge in [-0.15, -0.1) is 35.7 Å². The number of halogens is 4. The predicted molar refractivity (Wildman–Crippen MR) is 311 cm³/mol. The van der Waals surface area contributed by atoms with Crippen molar-refractivity contribution in [3.05, 3.63) is 128 Å². The molecule has 0 saturated carbocycles. The number of aromatic nitrogens is 14. The molecule has 456 valence electrons. The lowest BCUT2D eigenvalue weighted by Crippen LogP contribution is -2.30. The Morgan fingerprint density at radius 2 is 1.09 bits per heavy atom. The van der Waals surface area contributed by atoms with Gasteiger partial charge in [0.1, 0.15) is 47.3 Å². The predicted octanol–water partition coefficient (Wildman–Crippen LogP) is 10.2. The van der Waals surface area contributed by atoms with Crippen molar-refractivity contribution in [2.24, 2.45) is 0 Å². The SMILES string of the molecule is CCOC(=O)C(C)(C)Sc1nnn(CC[C@H]2O[C@H](c3cccc(OC)c3OC)c3cc(Cl)ccc3-n3c(CF)nnc32)n1.CCOC(=O)C(C)(C)Sc1nnnn1CC[C@H]1O[C@H](c2cccc(OC)c2OC)c2cc(Cl)ccc2-n2c(CF)nnc21. The van der Waals surface area contributed by atoms with Gasteiger partial charge in [-0.1, -0.05) is 71.0 Å². The maximum atomic E-state index is 14.3. The number of rotatable bonds is 22. The van der Waals surface area contributed by atoms with Gasteiger partial charge >= 0.3 is 11.9 Å². The first-order chi connectivity index (χ1) is 41.4. The highest BCUT2D eigenvalue weighted by molar-refractivity contribution is 8.01. The van der Waals surface area contributed by atoms with Crippen molar-refractivity contribution in [1.82, 2.24) is 69.9 Å². The van der Waals surface area contributed by atoms with Gasteiger partial charge < -0.3 is 37.9 Å². The maximum Gasteiger partial charge on any atom is 0.322 e. The van der Waals surface area contributed by atoms with Crippen LogP contribution in [0.25, 0.3) is 11.4 Å². The standard InChI is InChI=1S/2C28H31ClFN7O5S/c1-6-41-26(38)28(2,3)43-27-33-34-35-36(27)13-12-21-25-32-31-22(15-30)37(25)19-11-10-16(29)14-18(19)23(42-21)17-8-7-9-20(39-4)24(17)40-5;1-6-41-26(38)28(2,3)43-27-33-35-36(34-27)13-12-21-25-32-31-22(15-30)37(25)19-11-10-16(29)14-18(19)23(42-21)17-8-7-9-20(39-4)24(17)40-5/h2*7-11,14,21,23H,6,12-13,15H2,1-5H3/t2*21-,23-/m11/s1. The Balaban J connectivity index is 0.000000205. The van der Waals surface area contributed by atoms with Crippen molar-refractivity contribution in [2.45, 2.75) is 125 Å². The Morgan fingerprint density at radius 1 is 0.605 bits per heavy atom. The average Bonchev–Trinajstić information content (AvgIpc) is 1.68. The van der Waals surface area contributed by atoms with Crippen LogP contribution < -0.4 is 18.9 Å². The minimum absolute atomic E-state index is 0.125. The topological polar surface area (TPSA) is 257 Å². The van der Waals surface area contributed by atoms with Crippen molar-refractivity contribution < 1.29 is 56.3 Å². The van der Waals surface area contributed by atoms with Crippen LogP contribution in [0.15, 0.2) is 83.1 Å². The molecule has 0 saturated heterocycles. The summed E-state index contributed by atoms with van der Waals surface area (Å²) in [5.74, 6) is 2.37. The largest absolute Gasteiger partial charge is 0.493 e. The van der Waals surface area contributed by atoms with Crippen LogP contribution in [-0.4, -0.2) is 133 Å². The van der Waals surface area contributed by atoms with Crippen LogP contribution >= 0.6 is 46.7 Å². The summed E-state index contributed by atoms with van der Waals surface area (Å²) in [6, 6.07) is 21.6. The van der Waals surface area contributed by atoms with Crippen molar-refractivity contribution in [3.8, 4) is 34.4 Å². The summed E-state index contributed by atoms with van der Waals surface area (Å²) < 4.78 is 78.1. The summed E-state index contributed by atoms with van der Waals surface area (Å²) in [5.41, 5.74) is 3.99. The lowest BCUT2D eigenvalue weighted by Gasteiger charge is -2.25. The van der Waals surface area contributed by atoms with Crippen LogP contribution in [0.5, 0.6) is 23.0 Å². The van der Waals surface area contributed by atoms with Crippen LogP contribution in [0.1, 0.15) is 124 Å². The number of carbonyl (C=O) groups is 2. The van der Waals surface area contributed by atoms with Gasteiger partial charge in [-0.2, -0.15) is 4.80 Å². The summed E-state index contributed by atoms with van der Waals surface area (Å²) >= 11 is 15.3. The molecule has 0 N–H and O–H groups in total. The fraction of sp³-hybridized carbons (Fsp3) is 0.429. The molecular weight excluding hydrogens is 1200 g/mol.